The van der Waals surface area contributed by atoms with Crippen LogP contribution in [0.5, 0.6) is 0 Å². The number of rotatable bonds is 4. The van der Waals surface area contributed by atoms with Crippen LogP contribution in [0.4, 0.5) is 17.1 Å². The fourth-order valence-corrected chi connectivity index (χ4v) is 11.1. The van der Waals surface area contributed by atoms with Crippen LogP contribution in [0, 0.1) is 11.3 Å². The van der Waals surface area contributed by atoms with Gasteiger partial charge in [0.25, 0.3) is 0 Å². The van der Waals surface area contributed by atoms with Gasteiger partial charge in [-0.15, -0.1) is 11.3 Å². The first-order valence-electron chi connectivity index (χ1n) is 19.6. The van der Waals surface area contributed by atoms with Crippen LogP contribution < -0.4 is 4.90 Å². The number of para-hydroxylation sites is 1. The van der Waals surface area contributed by atoms with Crippen molar-refractivity contribution in [2.75, 3.05) is 4.90 Å². The maximum atomic E-state index is 2.61. The van der Waals surface area contributed by atoms with Crippen LogP contribution in [0.2, 0.25) is 0 Å². The maximum absolute atomic E-state index is 2.61. The molecule has 0 aliphatic heterocycles. The summed E-state index contributed by atoms with van der Waals surface area (Å²) >= 11 is 1.90. The summed E-state index contributed by atoms with van der Waals surface area (Å²) in [5.41, 5.74) is 17.4. The van der Waals surface area contributed by atoms with Gasteiger partial charge in [0.15, 0.2) is 0 Å². The molecule has 0 N–H and O–H groups in total. The van der Waals surface area contributed by atoms with E-state index in [1.54, 1.807) is 0 Å². The zero-order valence-electron chi connectivity index (χ0n) is 32.4. The third-order valence-electron chi connectivity index (χ3n) is 12.9. The predicted molar refractivity (Wildman–Crippen MR) is 234 cm³/mol. The molecule has 1 heterocycles. The van der Waals surface area contributed by atoms with Gasteiger partial charge in [-0.2, -0.15) is 0 Å². The minimum Gasteiger partial charge on any atom is -0.308 e. The summed E-state index contributed by atoms with van der Waals surface area (Å²) in [6, 6.07) is 48.1. The lowest BCUT2D eigenvalue weighted by Crippen LogP contribution is -2.23. The van der Waals surface area contributed by atoms with Crippen molar-refractivity contribution in [3.8, 4) is 22.3 Å². The summed E-state index contributed by atoms with van der Waals surface area (Å²) in [6.07, 6.45) is 6.24. The second-order valence-corrected chi connectivity index (χ2v) is 18.8. The highest BCUT2D eigenvalue weighted by atomic mass is 32.1. The van der Waals surface area contributed by atoms with Gasteiger partial charge in [0.1, 0.15) is 0 Å². The quantitative estimate of drug-likeness (QED) is 0.175. The van der Waals surface area contributed by atoms with Crippen molar-refractivity contribution in [3.63, 3.8) is 0 Å². The molecule has 3 aliphatic rings. The molecule has 0 saturated heterocycles. The molecule has 0 amide bonds. The van der Waals surface area contributed by atoms with E-state index >= 15 is 0 Å². The van der Waals surface area contributed by atoms with Crippen molar-refractivity contribution in [3.05, 3.63) is 167 Å². The van der Waals surface area contributed by atoms with Crippen molar-refractivity contribution in [2.24, 2.45) is 11.3 Å². The number of benzene rings is 6. The lowest BCUT2D eigenvalue weighted by molar-refractivity contribution is 0.291. The van der Waals surface area contributed by atoms with Crippen molar-refractivity contribution in [1.29, 1.82) is 0 Å². The average Bonchev–Trinajstić information content (AvgIpc) is 3.75. The summed E-state index contributed by atoms with van der Waals surface area (Å²) in [4.78, 5) is 2.56. The van der Waals surface area contributed by atoms with Crippen LogP contribution in [0.1, 0.15) is 77.1 Å². The van der Waals surface area contributed by atoms with Gasteiger partial charge in [-0.25, -0.2) is 0 Å². The predicted octanol–water partition coefficient (Wildman–Crippen LogP) is 15.2. The molecule has 54 heavy (non-hydrogen) atoms. The van der Waals surface area contributed by atoms with Crippen LogP contribution >= 0.6 is 11.3 Å². The Labute approximate surface area is 324 Å². The molecular formula is C52H47NS. The Bertz CT molecular complexity index is 2740. The summed E-state index contributed by atoms with van der Waals surface area (Å²) < 4.78 is 2.63. The lowest BCUT2D eigenvalue weighted by Gasteiger charge is -2.33. The van der Waals surface area contributed by atoms with Gasteiger partial charge in [-0.05, 0) is 98.2 Å². The highest BCUT2D eigenvalue weighted by Gasteiger charge is 2.43. The summed E-state index contributed by atoms with van der Waals surface area (Å²) in [5, 5.41) is 2.62. The molecule has 0 spiro atoms. The summed E-state index contributed by atoms with van der Waals surface area (Å²) in [7, 11) is 0. The van der Waals surface area contributed by atoms with Gasteiger partial charge in [-0.3, -0.25) is 0 Å². The number of hydrogen-bond donors (Lipinski definition) is 0. The molecule has 0 radical (unpaired) electrons. The second-order valence-electron chi connectivity index (χ2n) is 17.8. The summed E-state index contributed by atoms with van der Waals surface area (Å²) in [5.74, 6) is 0.521. The fourth-order valence-electron chi connectivity index (χ4n) is 9.89. The Morgan fingerprint density at radius 2 is 1.24 bits per heavy atom. The lowest BCUT2D eigenvalue weighted by atomic mass is 9.71. The first-order chi connectivity index (χ1) is 25.9. The molecule has 1 aromatic heterocycles. The molecule has 0 saturated carbocycles. The van der Waals surface area contributed by atoms with Gasteiger partial charge in [0.2, 0.25) is 0 Å². The van der Waals surface area contributed by atoms with E-state index in [9.17, 15) is 0 Å². The zero-order valence-corrected chi connectivity index (χ0v) is 33.2. The maximum Gasteiger partial charge on any atom is 0.0640 e. The third-order valence-corrected chi connectivity index (χ3v) is 14.1. The first-order valence-corrected chi connectivity index (χ1v) is 20.4. The SMILES string of the molecule is CC1(C)C2=CC(C(C)(C)C)CC=C2c2c(-c3ccccc3N(c3ccc4c(c3)-c3ccccc3C4(C)C)c3cccc4c3sc3ccccc34)cccc21. The van der Waals surface area contributed by atoms with E-state index in [1.165, 1.54) is 92.9 Å². The Balaban J connectivity index is 1.23. The number of fused-ring (bicyclic) bond motifs is 9. The monoisotopic (exact) mass is 717 g/mol. The largest absolute Gasteiger partial charge is 0.308 e. The smallest absolute Gasteiger partial charge is 0.0640 e. The fraction of sp³-hybridized carbons (Fsp3) is 0.231. The Hall–Kier alpha value is -5.18. The van der Waals surface area contributed by atoms with Crippen molar-refractivity contribution >= 4 is 54.1 Å². The normalized spacial score (nSPS) is 17.8. The number of hydrogen-bond acceptors (Lipinski definition) is 2. The Morgan fingerprint density at radius 1 is 0.593 bits per heavy atom. The van der Waals surface area contributed by atoms with Crippen LogP contribution in [0.25, 0.3) is 48.0 Å². The number of anilines is 3. The molecular weight excluding hydrogens is 671 g/mol. The van der Waals surface area contributed by atoms with Gasteiger partial charge in [0, 0.05) is 37.6 Å². The standard InChI is InChI=1S/C52H47NS/c1-50(2,3)32-26-28-39-44(30-32)52(6,7)43-22-14-19-37(48(39)43)35-17-9-12-23-45(35)53(46-24-15-20-38-36-18-10-13-25-47(36)54-49(38)46)33-27-29-42-40(31-33)34-16-8-11-21-41(34)51(42,4)5/h8-25,27-32H,26H2,1-7H3. The van der Waals surface area contributed by atoms with E-state index in [-0.39, 0.29) is 16.2 Å². The summed E-state index contributed by atoms with van der Waals surface area (Å²) in [6.45, 7) is 16.7. The van der Waals surface area contributed by atoms with E-state index in [2.05, 4.69) is 193 Å². The van der Waals surface area contributed by atoms with Gasteiger partial charge in [0.05, 0.1) is 16.1 Å². The van der Waals surface area contributed by atoms with Crippen LogP contribution in [0.3, 0.4) is 0 Å². The van der Waals surface area contributed by atoms with Crippen molar-refractivity contribution in [2.45, 2.75) is 65.7 Å². The highest BCUT2D eigenvalue weighted by molar-refractivity contribution is 7.26. The van der Waals surface area contributed by atoms with E-state index < -0.39 is 0 Å². The van der Waals surface area contributed by atoms with Crippen molar-refractivity contribution in [1.82, 2.24) is 0 Å². The number of nitrogens with zero attached hydrogens (tertiary/aromatic N) is 1. The molecule has 1 nitrogen and oxygen atoms in total. The number of thiophene rings is 1. The van der Waals surface area contributed by atoms with E-state index in [0.29, 0.717) is 5.92 Å². The Kier molecular flexibility index (Phi) is 7.21. The highest BCUT2D eigenvalue weighted by Crippen LogP contribution is 2.58. The van der Waals surface area contributed by atoms with Crippen LogP contribution in [0.15, 0.2) is 145 Å². The van der Waals surface area contributed by atoms with Crippen LogP contribution in [-0.4, -0.2) is 0 Å². The van der Waals surface area contributed by atoms with Gasteiger partial charge in [-0.1, -0.05) is 158 Å². The molecule has 1 unspecified atom stereocenters. The molecule has 6 aromatic carbocycles. The molecule has 1 atom stereocenters. The molecule has 7 aromatic rings. The van der Waals surface area contributed by atoms with E-state index in [1.807, 2.05) is 11.3 Å². The Morgan fingerprint density at radius 3 is 2.07 bits per heavy atom. The third kappa shape index (κ3) is 4.75. The molecule has 266 valence electrons. The molecule has 2 heteroatoms. The molecule has 3 aliphatic carbocycles. The topological polar surface area (TPSA) is 3.24 Å². The second kappa shape index (κ2) is 11.7. The minimum atomic E-state index is -0.0709. The van der Waals surface area contributed by atoms with E-state index in [4.69, 9.17) is 0 Å². The number of allylic oxidation sites excluding steroid dienone is 4. The van der Waals surface area contributed by atoms with Gasteiger partial charge >= 0.3 is 0 Å². The zero-order chi connectivity index (χ0) is 37.1. The van der Waals surface area contributed by atoms with Gasteiger partial charge < -0.3 is 4.90 Å². The molecule has 0 bridgehead atoms. The average molecular weight is 718 g/mol. The minimum absolute atomic E-state index is 0.0545. The van der Waals surface area contributed by atoms with Crippen molar-refractivity contribution < 1.29 is 0 Å². The molecule has 10 rings (SSSR count). The molecule has 0 fully saturated rings. The first kappa shape index (κ1) is 33.4. The van der Waals surface area contributed by atoms with Crippen LogP contribution in [-0.2, 0) is 10.8 Å². The van der Waals surface area contributed by atoms with E-state index in [0.717, 1.165) is 6.42 Å².